The van der Waals surface area contributed by atoms with Gasteiger partial charge in [0.2, 0.25) is 0 Å². The van der Waals surface area contributed by atoms with Crippen LogP contribution in [0.15, 0.2) is 27.8 Å². The fraction of sp³-hybridized carbons (Fsp3) is 0.684. The van der Waals surface area contributed by atoms with Crippen molar-refractivity contribution in [1.82, 2.24) is 15.1 Å². The minimum Gasteiger partial charge on any atom is -0.459 e. The second-order valence-corrected chi connectivity index (χ2v) is 6.93. The Morgan fingerprint density at radius 1 is 1.26 bits per heavy atom. The number of hydrogen-bond acceptors (Lipinski definition) is 5. The molecule has 0 unspecified atom stereocenters. The van der Waals surface area contributed by atoms with E-state index < -0.39 is 0 Å². The first kappa shape index (κ1) is 19.7. The van der Waals surface area contributed by atoms with Crippen LogP contribution in [0.5, 0.6) is 0 Å². The molecule has 1 amide bonds. The Labute approximate surface area is 160 Å². The molecule has 0 radical (unpaired) electrons. The lowest BCUT2D eigenvalue weighted by molar-refractivity contribution is -0.0829. The smallest absolute Gasteiger partial charge is 0.289 e. The van der Waals surface area contributed by atoms with Crippen LogP contribution in [-0.2, 0) is 9.47 Å². The molecule has 0 aliphatic carbocycles. The molecule has 2 aliphatic heterocycles. The van der Waals surface area contributed by atoms with Gasteiger partial charge in [-0.3, -0.25) is 9.79 Å². The van der Waals surface area contributed by atoms with Crippen LogP contribution in [0.25, 0.3) is 0 Å². The Morgan fingerprint density at radius 3 is 2.56 bits per heavy atom. The van der Waals surface area contributed by atoms with E-state index in [1.54, 1.807) is 19.2 Å². The fourth-order valence-electron chi connectivity index (χ4n) is 3.49. The van der Waals surface area contributed by atoms with Gasteiger partial charge in [0.25, 0.3) is 5.91 Å². The SMILES string of the molecule is CCNC(=NCC1(OC)CCOCC1)N1CCN(C(=O)c2ccco2)CC1. The van der Waals surface area contributed by atoms with E-state index in [2.05, 4.69) is 17.1 Å². The summed E-state index contributed by atoms with van der Waals surface area (Å²) >= 11 is 0. The number of furan rings is 1. The Balaban J connectivity index is 1.59. The van der Waals surface area contributed by atoms with Gasteiger partial charge in [0.15, 0.2) is 11.7 Å². The zero-order valence-electron chi connectivity index (χ0n) is 16.3. The highest BCUT2D eigenvalue weighted by Gasteiger charge is 2.33. The first-order valence-corrected chi connectivity index (χ1v) is 9.66. The Hall–Kier alpha value is -2.06. The molecule has 0 bridgehead atoms. The van der Waals surface area contributed by atoms with Gasteiger partial charge in [-0.2, -0.15) is 0 Å². The molecule has 2 saturated heterocycles. The molecule has 3 heterocycles. The Kier molecular flexibility index (Phi) is 6.73. The molecule has 1 aromatic rings. The lowest BCUT2D eigenvalue weighted by Crippen LogP contribution is -2.54. The summed E-state index contributed by atoms with van der Waals surface area (Å²) in [4.78, 5) is 21.3. The molecule has 3 rings (SSSR count). The molecule has 27 heavy (non-hydrogen) atoms. The molecule has 8 nitrogen and oxygen atoms in total. The van der Waals surface area contributed by atoms with Crippen molar-refractivity contribution < 1.29 is 18.7 Å². The van der Waals surface area contributed by atoms with Crippen LogP contribution >= 0.6 is 0 Å². The van der Waals surface area contributed by atoms with Crippen LogP contribution in [0, 0.1) is 0 Å². The number of nitrogens with one attached hydrogen (secondary N) is 1. The number of rotatable bonds is 5. The Morgan fingerprint density at radius 2 is 1.96 bits per heavy atom. The van der Waals surface area contributed by atoms with E-state index in [-0.39, 0.29) is 11.5 Å². The van der Waals surface area contributed by atoms with Gasteiger partial charge in [0.05, 0.1) is 18.4 Å². The van der Waals surface area contributed by atoms with Crippen molar-refractivity contribution in [3.05, 3.63) is 24.2 Å². The summed E-state index contributed by atoms with van der Waals surface area (Å²) in [5, 5.41) is 3.37. The fourth-order valence-corrected chi connectivity index (χ4v) is 3.49. The van der Waals surface area contributed by atoms with Gasteiger partial charge in [-0.05, 0) is 19.1 Å². The molecule has 0 spiro atoms. The molecule has 1 N–H and O–H groups in total. The summed E-state index contributed by atoms with van der Waals surface area (Å²) in [5.41, 5.74) is -0.240. The standard InChI is InChI=1S/C19H30N4O4/c1-3-20-18(21-15-19(25-2)6-13-26-14-7-19)23-10-8-22(9-11-23)17(24)16-5-4-12-27-16/h4-5,12H,3,6-11,13-15H2,1-2H3,(H,20,21). The van der Waals surface area contributed by atoms with Crippen molar-refractivity contribution >= 4 is 11.9 Å². The van der Waals surface area contributed by atoms with Crippen molar-refractivity contribution in [2.75, 3.05) is 59.6 Å². The van der Waals surface area contributed by atoms with E-state index >= 15 is 0 Å². The predicted molar refractivity (Wildman–Crippen MR) is 102 cm³/mol. The largest absolute Gasteiger partial charge is 0.459 e. The third-order valence-electron chi connectivity index (χ3n) is 5.29. The van der Waals surface area contributed by atoms with Crippen LogP contribution in [0.1, 0.15) is 30.3 Å². The van der Waals surface area contributed by atoms with Gasteiger partial charge < -0.3 is 29.0 Å². The number of aliphatic imine (C=N–C) groups is 1. The normalized spacial score (nSPS) is 20.6. The summed E-state index contributed by atoms with van der Waals surface area (Å²) in [6, 6.07) is 3.44. The third kappa shape index (κ3) is 4.81. The second-order valence-electron chi connectivity index (χ2n) is 6.93. The molecular weight excluding hydrogens is 348 g/mol. The van der Waals surface area contributed by atoms with Crippen LogP contribution in [0.3, 0.4) is 0 Å². The van der Waals surface area contributed by atoms with Crippen LogP contribution in [0.2, 0.25) is 0 Å². The number of carbonyl (C=O) groups excluding carboxylic acids is 1. The van der Waals surface area contributed by atoms with Gasteiger partial charge in [-0.15, -0.1) is 0 Å². The summed E-state index contributed by atoms with van der Waals surface area (Å²) in [6.07, 6.45) is 3.25. The molecular formula is C19H30N4O4. The second kappa shape index (κ2) is 9.23. The van der Waals surface area contributed by atoms with Crippen molar-refractivity contribution in [3.63, 3.8) is 0 Å². The van der Waals surface area contributed by atoms with Crippen LogP contribution < -0.4 is 5.32 Å². The topological polar surface area (TPSA) is 79.5 Å². The van der Waals surface area contributed by atoms with Crippen molar-refractivity contribution in [3.8, 4) is 0 Å². The van der Waals surface area contributed by atoms with Gasteiger partial charge in [-0.1, -0.05) is 0 Å². The zero-order valence-corrected chi connectivity index (χ0v) is 16.3. The average molecular weight is 378 g/mol. The third-order valence-corrected chi connectivity index (χ3v) is 5.29. The highest BCUT2D eigenvalue weighted by atomic mass is 16.5. The minimum atomic E-state index is -0.240. The molecule has 2 fully saturated rings. The first-order valence-electron chi connectivity index (χ1n) is 9.66. The highest BCUT2D eigenvalue weighted by molar-refractivity contribution is 5.91. The number of hydrogen-bond donors (Lipinski definition) is 1. The van der Waals surface area contributed by atoms with E-state index in [0.717, 1.165) is 38.4 Å². The van der Waals surface area contributed by atoms with E-state index in [0.29, 0.717) is 38.6 Å². The number of methoxy groups -OCH3 is 1. The van der Waals surface area contributed by atoms with Crippen LogP contribution in [-0.4, -0.2) is 86.9 Å². The maximum Gasteiger partial charge on any atom is 0.289 e. The number of ether oxygens (including phenoxy) is 2. The van der Waals surface area contributed by atoms with E-state index in [9.17, 15) is 4.79 Å². The molecule has 1 aromatic heterocycles. The van der Waals surface area contributed by atoms with Crippen molar-refractivity contribution in [1.29, 1.82) is 0 Å². The quantitative estimate of drug-likeness (QED) is 0.613. The Bertz CT molecular complexity index is 618. The number of carbonyl (C=O) groups is 1. The molecule has 0 saturated carbocycles. The van der Waals surface area contributed by atoms with Crippen LogP contribution in [0.4, 0.5) is 0 Å². The zero-order chi connectivity index (χ0) is 19.1. The first-order chi connectivity index (χ1) is 13.2. The van der Waals surface area contributed by atoms with Gasteiger partial charge in [0, 0.05) is 65.9 Å². The summed E-state index contributed by atoms with van der Waals surface area (Å²) in [6.45, 7) is 7.67. The van der Waals surface area contributed by atoms with E-state index in [4.69, 9.17) is 18.9 Å². The van der Waals surface area contributed by atoms with E-state index in [1.807, 2.05) is 4.90 Å². The summed E-state index contributed by atoms with van der Waals surface area (Å²) in [5.74, 6) is 1.22. The highest BCUT2D eigenvalue weighted by Crippen LogP contribution is 2.25. The average Bonchev–Trinajstić information content (AvgIpc) is 3.26. The number of guanidine groups is 1. The minimum absolute atomic E-state index is 0.0536. The lowest BCUT2D eigenvalue weighted by Gasteiger charge is -2.38. The molecule has 0 aromatic carbocycles. The van der Waals surface area contributed by atoms with E-state index in [1.165, 1.54) is 6.26 Å². The van der Waals surface area contributed by atoms with Gasteiger partial charge in [0.1, 0.15) is 0 Å². The lowest BCUT2D eigenvalue weighted by atomic mass is 9.94. The molecule has 150 valence electrons. The van der Waals surface area contributed by atoms with Gasteiger partial charge >= 0.3 is 0 Å². The number of nitrogens with zero attached hydrogens (tertiary/aromatic N) is 3. The van der Waals surface area contributed by atoms with Crippen molar-refractivity contribution in [2.45, 2.75) is 25.4 Å². The summed E-state index contributed by atoms with van der Waals surface area (Å²) < 4.78 is 16.5. The van der Waals surface area contributed by atoms with Crippen molar-refractivity contribution in [2.24, 2.45) is 4.99 Å². The maximum absolute atomic E-state index is 12.4. The number of piperazine rings is 1. The molecule has 2 aliphatic rings. The molecule has 8 heteroatoms. The monoisotopic (exact) mass is 378 g/mol. The van der Waals surface area contributed by atoms with Gasteiger partial charge in [-0.25, -0.2) is 0 Å². The number of amides is 1. The summed E-state index contributed by atoms with van der Waals surface area (Å²) in [7, 11) is 1.76. The predicted octanol–water partition coefficient (Wildman–Crippen LogP) is 1.20. The maximum atomic E-state index is 12.4. The molecule has 0 atom stereocenters.